The van der Waals surface area contributed by atoms with Crippen LogP contribution in [0.15, 0.2) is 23.3 Å². The third-order valence-electron chi connectivity index (χ3n) is 3.34. The molecule has 0 radical (unpaired) electrons. The molecule has 0 saturated carbocycles. The van der Waals surface area contributed by atoms with Gasteiger partial charge in [-0.25, -0.2) is 0 Å². The number of fused-ring (bicyclic) bond motifs is 2. The summed E-state index contributed by atoms with van der Waals surface area (Å²) in [5.41, 5.74) is 3.67. The van der Waals surface area contributed by atoms with Crippen LogP contribution in [0, 0.1) is 11.3 Å². The van der Waals surface area contributed by atoms with Crippen LogP contribution in [0.4, 0.5) is 0 Å². The predicted molar refractivity (Wildman–Crippen MR) is 43.7 cm³/mol. The Morgan fingerprint density at radius 3 is 2.50 bits per heavy atom. The third-order valence-corrected chi connectivity index (χ3v) is 3.34. The van der Waals surface area contributed by atoms with Crippen molar-refractivity contribution in [2.24, 2.45) is 11.3 Å². The average molecular weight is 134 g/mol. The molecule has 0 aliphatic heterocycles. The number of rotatable bonds is 0. The van der Waals surface area contributed by atoms with Crippen LogP contribution in [0.2, 0.25) is 0 Å². The smallest absolute Gasteiger partial charge is 0.00714 e. The largest absolute Gasteiger partial charge is 0.0804 e. The first-order valence-electron chi connectivity index (χ1n) is 4.01. The molecule has 0 aromatic rings. The molecule has 0 nitrogen and oxygen atoms in total. The highest BCUT2D eigenvalue weighted by molar-refractivity contribution is 5.39. The lowest BCUT2D eigenvalue weighted by atomic mass is 9.85. The van der Waals surface area contributed by atoms with Crippen molar-refractivity contribution in [2.45, 2.75) is 27.2 Å². The molecule has 2 unspecified atom stereocenters. The van der Waals surface area contributed by atoms with Crippen molar-refractivity contribution >= 4 is 0 Å². The van der Waals surface area contributed by atoms with E-state index in [0.717, 1.165) is 5.92 Å². The van der Waals surface area contributed by atoms with Crippen molar-refractivity contribution in [1.82, 2.24) is 0 Å². The maximum Gasteiger partial charge on any atom is 0.00714 e. The van der Waals surface area contributed by atoms with Crippen molar-refractivity contribution in [1.29, 1.82) is 0 Å². The van der Waals surface area contributed by atoms with Gasteiger partial charge in [0, 0.05) is 5.41 Å². The minimum Gasteiger partial charge on any atom is -0.0804 e. The minimum atomic E-state index is 0.439. The van der Waals surface area contributed by atoms with Crippen molar-refractivity contribution in [3.63, 3.8) is 0 Å². The first-order chi connectivity index (χ1) is 4.63. The van der Waals surface area contributed by atoms with Gasteiger partial charge in [-0.2, -0.15) is 0 Å². The molecule has 0 fully saturated rings. The summed E-state index contributed by atoms with van der Waals surface area (Å²) < 4.78 is 0. The maximum absolute atomic E-state index is 2.38. The Morgan fingerprint density at radius 1 is 1.50 bits per heavy atom. The fraction of sp³-hybridized carbons (Fsp3) is 0.600. The fourth-order valence-corrected chi connectivity index (χ4v) is 2.23. The Kier molecular flexibility index (Phi) is 0.964. The molecular weight excluding hydrogens is 120 g/mol. The van der Waals surface area contributed by atoms with Crippen LogP contribution in [0.1, 0.15) is 27.2 Å². The monoisotopic (exact) mass is 134 g/mol. The second-order valence-electron chi connectivity index (χ2n) is 3.90. The summed E-state index contributed by atoms with van der Waals surface area (Å²) >= 11 is 0. The molecule has 2 rings (SSSR count). The molecule has 54 valence electrons. The SMILES string of the molecule is CC1=C(C)C2(C)C=CC1C2. The molecule has 0 N–H and O–H groups in total. The molecule has 0 aromatic carbocycles. The normalized spacial score (nSPS) is 43.7. The van der Waals surface area contributed by atoms with Crippen LogP contribution in [-0.4, -0.2) is 0 Å². The van der Waals surface area contributed by atoms with Gasteiger partial charge >= 0.3 is 0 Å². The summed E-state index contributed by atoms with van der Waals surface area (Å²) in [6.45, 7) is 6.89. The highest BCUT2D eigenvalue weighted by Gasteiger charge is 2.39. The highest BCUT2D eigenvalue weighted by Crippen LogP contribution is 2.51. The Labute approximate surface area is 62.6 Å². The van der Waals surface area contributed by atoms with Gasteiger partial charge in [0.2, 0.25) is 0 Å². The third kappa shape index (κ3) is 0.524. The molecular formula is C10H14. The first kappa shape index (κ1) is 6.21. The average Bonchev–Trinajstić information content (AvgIpc) is 2.35. The van der Waals surface area contributed by atoms with E-state index < -0.39 is 0 Å². The summed E-state index contributed by atoms with van der Waals surface area (Å²) in [5.74, 6) is 0.782. The number of hydrogen-bond acceptors (Lipinski definition) is 0. The van der Waals surface area contributed by atoms with Crippen LogP contribution in [0.5, 0.6) is 0 Å². The second kappa shape index (κ2) is 1.55. The molecule has 0 heteroatoms. The van der Waals surface area contributed by atoms with Crippen molar-refractivity contribution in [3.8, 4) is 0 Å². The molecule has 2 bridgehead atoms. The molecule has 2 atom stereocenters. The van der Waals surface area contributed by atoms with E-state index in [2.05, 4.69) is 32.9 Å². The van der Waals surface area contributed by atoms with Gasteiger partial charge in [0.25, 0.3) is 0 Å². The predicted octanol–water partition coefficient (Wildman–Crippen LogP) is 2.92. The van der Waals surface area contributed by atoms with Gasteiger partial charge in [-0.05, 0) is 26.2 Å². The van der Waals surface area contributed by atoms with E-state index in [1.807, 2.05) is 0 Å². The number of hydrogen-bond donors (Lipinski definition) is 0. The Hall–Kier alpha value is -0.520. The van der Waals surface area contributed by atoms with Crippen molar-refractivity contribution in [2.75, 3.05) is 0 Å². The Morgan fingerprint density at radius 2 is 2.20 bits per heavy atom. The second-order valence-corrected chi connectivity index (χ2v) is 3.90. The summed E-state index contributed by atoms with van der Waals surface area (Å²) in [6.07, 6.45) is 6.08. The summed E-state index contributed by atoms with van der Waals surface area (Å²) in [5, 5.41) is 0. The van der Waals surface area contributed by atoms with Crippen molar-refractivity contribution in [3.05, 3.63) is 23.3 Å². The van der Waals surface area contributed by atoms with Crippen LogP contribution in [-0.2, 0) is 0 Å². The van der Waals surface area contributed by atoms with Gasteiger partial charge in [-0.15, -0.1) is 0 Å². The zero-order valence-electron chi connectivity index (χ0n) is 6.94. The molecule has 0 heterocycles. The van der Waals surface area contributed by atoms with Gasteiger partial charge in [-0.3, -0.25) is 0 Å². The fourth-order valence-electron chi connectivity index (χ4n) is 2.23. The van der Waals surface area contributed by atoms with Gasteiger partial charge in [0.1, 0.15) is 0 Å². The Bertz CT molecular complexity index is 232. The lowest BCUT2D eigenvalue weighted by Gasteiger charge is -2.19. The topological polar surface area (TPSA) is 0 Å². The van der Waals surface area contributed by atoms with Crippen LogP contribution in [0.25, 0.3) is 0 Å². The van der Waals surface area contributed by atoms with Gasteiger partial charge < -0.3 is 0 Å². The van der Waals surface area contributed by atoms with Crippen molar-refractivity contribution < 1.29 is 0 Å². The van der Waals surface area contributed by atoms with E-state index in [4.69, 9.17) is 0 Å². The molecule has 0 amide bonds. The maximum atomic E-state index is 2.38. The van der Waals surface area contributed by atoms with E-state index in [-0.39, 0.29) is 0 Å². The summed E-state index contributed by atoms with van der Waals surface area (Å²) in [7, 11) is 0. The zero-order valence-corrected chi connectivity index (χ0v) is 6.94. The standard InChI is InChI=1S/C10H14/c1-7-8(2)10(3)5-4-9(7)6-10/h4-5,9H,6H2,1-3H3. The first-order valence-corrected chi connectivity index (χ1v) is 4.01. The van der Waals surface area contributed by atoms with Crippen LogP contribution in [0.3, 0.4) is 0 Å². The van der Waals surface area contributed by atoms with E-state index in [0.29, 0.717) is 5.41 Å². The molecule has 2 aliphatic rings. The van der Waals surface area contributed by atoms with Gasteiger partial charge in [0.05, 0.1) is 0 Å². The lowest BCUT2D eigenvalue weighted by Crippen LogP contribution is -2.07. The van der Waals surface area contributed by atoms with E-state index >= 15 is 0 Å². The van der Waals surface area contributed by atoms with E-state index in [1.165, 1.54) is 6.42 Å². The summed E-state index contributed by atoms with van der Waals surface area (Å²) in [6, 6.07) is 0. The van der Waals surface area contributed by atoms with Gasteiger partial charge in [0.15, 0.2) is 0 Å². The quantitative estimate of drug-likeness (QED) is 0.447. The molecule has 10 heavy (non-hydrogen) atoms. The minimum absolute atomic E-state index is 0.439. The summed E-state index contributed by atoms with van der Waals surface area (Å²) in [4.78, 5) is 0. The molecule has 0 aromatic heterocycles. The van der Waals surface area contributed by atoms with E-state index in [1.54, 1.807) is 11.1 Å². The molecule has 0 saturated heterocycles. The highest BCUT2D eigenvalue weighted by atomic mass is 14.4. The zero-order chi connectivity index (χ0) is 7.35. The Balaban J connectivity index is 2.50. The lowest BCUT2D eigenvalue weighted by molar-refractivity contribution is 0.509. The molecule has 2 aliphatic carbocycles. The number of allylic oxidation sites excluding steroid dienone is 4. The van der Waals surface area contributed by atoms with Crippen LogP contribution < -0.4 is 0 Å². The van der Waals surface area contributed by atoms with E-state index in [9.17, 15) is 0 Å². The van der Waals surface area contributed by atoms with Gasteiger partial charge in [-0.1, -0.05) is 30.2 Å². The van der Waals surface area contributed by atoms with Crippen LogP contribution >= 0.6 is 0 Å². The molecule has 0 spiro atoms.